The smallest absolute Gasteiger partial charge is 0.303 e. The molecule has 6 heteroatoms. The van der Waals surface area contributed by atoms with Crippen molar-refractivity contribution in [2.45, 2.75) is 38.1 Å². The van der Waals surface area contributed by atoms with Crippen molar-refractivity contribution in [1.29, 1.82) is 0 Å². The van der Waals surface area contributed by atoms with Gasteiger partial charge in [-0.1, -0.05) is 30.3 Å². The van der Waals surface area contributed by atoms with Gasteiger partial charge in [-0.05, 0) is 5.56 Å². The van der Waals surface area contributed by atoms with Crippen LogP contribution in [0, 0.1) is 0 Å². The molecule has 116 valence electrons. The van der Waals surface area contributed by atoms with Crippen molar-refractivity contribution in [2.24, 2.45) is 0 Å². The number of carbonyl (C=O) groups excluding carboxylic acids is 1. The number of benzene rings is 1. The number of esters is 1. The first-order chi connectivity index (χ1) is 10.1. The molecule has 6 nitrogen and oxygen atoms in total. The maximum Gasteiger partial charge on any atom is 0.303 e. The highest BCUT2D eigenvalue weighted by molar-refractivity contribution is 5.66. The monoisotopic (exact) mass is 296 g/mol. The van der Waals surface area contributed by atoms with Crippen LogP contribution in [-0.4, -0.2) is 49.4 Å². The first-order valence-electron chi connectivity index (χ1n) is 6.77. The maximum atomic E-state index is 11.0. The van der Waals surface area contributed by atoms with E-state index in [2.05, 4.69) is 0 Å². The predicted octanol–water partition coefficient (Wildman–Crippen LogP) is 0.867. The van der Waals surface area contributed by atoms with Crippen LogP contribution < -0.4 is 0 Å². The molecule has 1 aromatic rings. The zero-order valence-corrected chi connectivity index (χ0v) is 12.1. The summed E-state index contributed by atoms with van der Waals surface area (Å²) in [7, 11) is 1.47. The summed E-state index contributed by atoms with van der Waals surface area (Å²) in [6.45, 7) is 1.66. The maximum absolute atomic E-state index is 11.0. The van der Waals surface area contributed by atoms with Gasteiger partial charge >= 0.3 is 5.97 Å². The van der Waals surface area contributed by atoms with Crippen molar-refractivity contribution in [3.8, 4) is 0 Å². The van der Waals surface area contributed by atoms with Crippen LogP contribution >= 0.6 is 0 Å². The van der Waals surface area contributed by atoms with E-state index in [1.807, 2.05) is 30.3 Å². The van der Waals surface area contributed by atoms with E-state index in [-0.39, 0.29) is 6.61 Å². The summed E-state index contributed by atoms with van der Waals surface area (Å²) in [4.78, 5) is 11.0. The molecule has 1 heterocycles. The molecule has 0 radical (unpaired) electrons. The number of carbonyl (C=O) groups is 1. The number of aliphatic hydroxyl groups is 1. The Balaban J connectivity index is 2.00. The van der Waals surface area contributed by atoms with Gasteiger partial charge in [-0.2, -0.15) is 0 Å². The van der Waals surface area contributed by atoms with Crippen molar-refractivity contribution in [2.75, 3.05) is 13.7 Å². The summed E-state index contributed by atoms with van der Waals surface area (Å²) in [5.74, 6) is -0.472. The Morgan fingerprint density at radius 1 is 1.38 bits per heavy atom. The van der Waals surface area contributed by atoms with Crippen molar-refractivity contribution < 1.29 is 28.8 Å². The molecule has 1 aromatic carbocycles. The highest BCUT2D eigenvalue weighted by atomic mass is 16.7. The third-order valence-electron chi connectivity index (χ3n) is 3.25. The summed E-state index contributed by atoms with van der Waals surface area (Å²) in [5.41, 5.74) is 0.967. The molecule has 2 rings (SSSR count). The minimum absolute atomic E-state index is 0.0739. The Morgan fingerprint density at radius 2 is 2.10 bits per heavy atom. The highest BCUT2D eigenvalue weighted by Crippen LogP contribution is 2.22. The summed E-state index contributed by atoms with van der Waals surface area (Å²) < 4.78 is 21.3. The van der Waals surface area contributed by atoms with Gasteiger partial charge in [-0.15, -0.1) is 0 Å². The first-order valence-corrected chi connectivity index (χ1v) is 6.77. The molecule has 1 saturated heterocycles. The lowest BCUT2D eigenvalue weighted by atomic mass is 10.0. The minimum Gasteiger partial charge on any atom is -0.457 e. The van der Waals surface area contributed by atoms with Crippen LogP contribution in [0.15, 0.2) is 30.3 Å². The fourth-order valence-corrected chi connectivity index (χ4v) is 2.22. The number of ether oxygens (including phenoxy) is 4. The molecule has 0 aromatic heterocycles. The van der Waals surface area contributed by atoms with Gasteiger partial charge in [0, 0.05) is 14.0 Å². The summed E-state index contributed by atoms with van der Waals surface area (Å²) in [6, 6.07) is 9.56. The third-order valence-corrected chi connectivity index (χ3v) is 3.25. The normalized spacial score (nSPS) is 29.1. The van der Waals surface area contributed by atoms with E-state index in [9.17, 15) is 9.90 Å². The first kappa shape index (κ1) is 15.9. The van der Waals surface area contributed by atoms with Crippen LogP contribution in [0.4, 0.5) is 0 Å². The average molecular weight is 296 g/mol. The van der Waals surface area contributed by atoms with Crippen LogP contribution in [0.25, 0.3) is 0 Å². The Bertz CT molecular complexity index is 449. The fraction of sp³-hybridized carbons (Fsp3) is 0.533. The zero-order valence-electron chi connectivity index (χ0n) is 12.1. The highest BCUT2D eigenvalue weighted by Gasteiger charge is 2.42. The van der Waals surface area contributed by atoms with E-state index in [1.165, 1.54) is 14.0 Å². The lowest BCUT2D eigenvalue weighted by Gasteiger charge is -2.38. The van der Waals surface area contributed by atoms with E-state index in [0.717, 1.165) is 5.56 Å². The Kier molecular flexibility index (Phi) is 5.69. The zero-order chi connectivity index (χ0) is 15.2. The van der Waals surface area contributed by atoms with E-state index in [1.54, 1.807) is 0 Å². The second-order valence-corrected chi connectivity index (χ2v) is 4.84. The molecule has 1 fully saturated rings. The summed E-state index contributed by atoms with van der Waals surface area (Å²) >= 11 is 0. The molecule has 21 heavy (non-hydrogen) atoms. The van der Waals surface area contributed by atoms with Gasteiger partial charge in [0.2, 0.25) is 0 Å². The molecule has 0 unspecified atom stereocenters. The molecule has 0 saturated carbocycles. The minimum atomic E-state index is -1.00. The molecule has 0 bridgehead atoms. The number of hydrogen-bond donors (Lipinski definition) is 1. The molecule has 1 aliphatic rings. The van der Waals surface area contributed by atoms with Gasteiger partial charge in [0.05, 0.1) is 13.2 Å². The van der Waals surface area contributed by atoms with Gasteiger partial charge in [0.1, 0.15) is 12.2 Å². The van der Waals surface area contributed by atoms with Crippen LogP contribution in [0.5, 0.6) is 0 Å². The Hall–Kier alpha value is -1.47. The van der Waals surface area contributed by atoms with E-state index in [0.29, 0.717) is 6.61 Å². The molecule has 0 amide bonds. The number of methoxy groups -OCH3 is 1. The topological polar surface area (TPSA) is 74.2 Å². The van der Waals surface area contributed by atoms with Gasteiger partial charge in [-0.3, -0.25) is 4.79 Å². The van der Waals surface area contributed by atoms with E-state index in [4.69, 9.17) is 18.9 Å². The fourth-order valence-electron chi connectivity index (χ4n) is 2.22. The van der Waals surface area contributed by atoms with Crippen molar-refractivity contribution in [1.82, 2.24) is 0 Å². The molecule has 0 aliphatic carbocycles. The molecule has 1 aliphatic heterocycles. The standard InChI is InChI=1S/C15H20O6/c1-10(16)21-12-9-20-15(18-2)14(13(12)17)19-8-11-6-4-3-5-7-11/h3-7,12-15,17H,8-9H2,1-2H3/t12-,13-,14+,15-/m0/s1. The van der Waals surface area contributed by atoms with Crippen LogP contribution in [-0.2, 0) is 30.3 Å². The van der Waals surface area contributed by atoms with Crippen LogP contribution in [0.2, 0.25) is 0 Å². The molecular formula is C15H20O6. The van der Waals surface area contributed by atoms with Gasteiger partial charge in [-0.25, -0.2) is 0 Å². The molecule has 1 N–H and O–H groups in total. The Labute approximate surface area is 123 Å². The van der Waals surface area contributed by atoms with Gasteiger partial charge in [0.15, 0.2) is 12.4 Å². The van der Waals surface area contributed by atoms with Gasteiger partial charge < -0.3 is 24.1 Å². The third kappa shape index (κ3) is 4.25. The predicted molar refractivity (Wildman–Crippen MR) is 73.3 cm³/mol. The van der Waals surface area contributed by atoms with Crippen molar-refractivity contribution >= 4 is 5.97 Å². The summed E-state index contributed by atoms with van der Waals surface area (Å²) in [5, 5.41) is 10.3. The van der Waals surface area contributed by atoms with E-state index >= 15 is 0 Å². The lowest BCUT2D eigenvalue weighted by molar-refractivity contribution is -0.278. The van der Waals surface area contributed by atoms with Crippen molar-refractivity contribution in [3.63, 3.8) is 0 Å². The van der Waals surface area contributed by atoms with Crippen LogP contribution in [0.3, 0.4) is 0 Å². The number of aliphatic hydroxyl groups excluding tert-OH is 1. The largest absolute Gasteiger partial charge is 0.457 e. The Morgan fingerprint density at radius 3 is 2.71 bits per heavy atom. The lowest BCUT2D eigenvalue weighted by Crippen LogP contribution is -2.55. The molecular weight excluding hydrogens is 276 g/mol. The SMILES string of the molecule is CO[C@H]1OC[C@H](OC(C)=O)[C@H](O)[C@H]1OCc1ccccc1. The molecule has 4 atom stereocenters. The summed E-state index contributed by atoms with van der Waals surface area (Å²) in [6.07, 6.45) is -3.19. The van der Waals surface area contributed by atoms with E-state index < -0.39 is 30.6 Å². The molecule has 0 spiro atoms. The number of hydrogen-bond acceptors (Lipinski definition) is 6. The van der Waals surface area contributed by atoms with Crippen molar-refractivity contribution in [3.05, 3.63) is 35.9 Å². The number of rotatable bonds is 5. The van der Waals surface area contributed by atoms with Crippen LogP contribution in [0.1, 0.15) is 12.5 Å². The van der Waals surface area contributed by atoms with Gasteiger partial charge in [0.25, 0.3) is 0 Å². The average Bonchev–Trinajstić information content (AvgIpc) is 2.48. The second kappa shape index (κ2) is 7.51. The quantitative estimate of drug-likeness (QED) is 0.813. The second-order valence-electron chi connectivity index (χ2n) is 4.84.